The van der Waals surface area contributed by atoms with Crippen LogP contribution in [0.4, 0.5) is 22.0 Å². The lowest BCUT2D eigenvalue weighted by molar-refractivity contribution is -0.368. The standard InChI is InChI=1S/C86H127F5O21S/c1-77(2,3)70(93)101-48-57-61(107-69-66(112-76(99)83(19,20)21)64(110-74(97)81(13,14)15)62(108-72(95)79(7,8)9)58(105-69)49-102-71(94)78(4,5)6)63(109-73(96)80(10,11)12)65(111-75(98)82(16,17)18)68(104-57)106-59-40-39-56-60-51(36-29-26-24-23-25-27-32-44-113(100)45-33-42-85(87,88)86(89,90)91)46-52-47-53(103-67(92)50-34-30-28-31-35-50)37-38-54(52)55(60)41-43-84(56,59)22/h28,30-31,34-35,37-38,47,51,55-66,68-69H,23-27,29,32-33,36,39-46,48-49H2,1-22H3/t51-,55-,56+,57-,58-,59+,60-,61-,62-,63+,64+,65-,66-,68+,69+,84+,113?/m1/s1. The maximum absolute atomic E-state index is 15.0. The van der Waals surface area contributed by atoms with Gasteiger partial charge < -0.3 is 56.8 Å². The van der Waals surface area contributed by atoms with Crippen molar-refractivity contribution >= 4 is 58.6 Å². The van der Waals surface area contributed by atoms with Gasteiger partial charge >= 0.3 is 59.9 Å². The molecule has 3 aliphatic carbocycles. The monoisotopic (exact) mass is 1620 g/mol. The molecule has 21 nitrogen and oxygen atoms in total. The van der Waals surface area contributed by atoms with Gasteiger partial charge in [-0.3, -0.25) is 37.8 Å². The highest BCUT2D eigenvalue weighted by molar-refractivity contribution is 7.84. The average molecular weight is 1620 g/mol. The number of alkyl halides is 5. The predicted molar refractivity (Wildman–Crippen MR) is 411 cm³/mol. The Bertz CT molecular complexity index is 3630. The molecule has 2 aliphatic heterocycles. The third kappa shape index (κ3) is 25.0. The number of carbonyl (C=O) groups excluding carboxylic acids is 8. The van der Waals surface area contributed by atoms with Crippen molar-refractivity contribution in [3.63, 3.8) is 0 Å². The van der Waals surface area contributed by atoms with Crippen LogP contribution in [0.5, 0.6) is 5.75 Å². The topological polar surface area (TPSA) is 264 Å². The van der Waals surface area contributed by atoms with Crippen LogP contribution in [-0.4, -0.2) is 156 Å². The van der Waals surface area contributed by atoms with Gasteiger partial charge in [-0.2, -0.15) is 22.0 Å². The molecule has 2 aromatic rings. The second-order valence-corrected chi connectivity index (χ2v) is 40.7. The summed E-state index contributed by atoms with van der Waals surface area (Å²) in [5.41, 5.74) is -6.39. The second-order valence-electron chi connectivity index (χ2n) is 39.0. The number of benzene rings is 2. The zero-order valence-electron chi connectivity index (χ0n) is 70.6. The maximum atomic E-state index is 15.0. The van der Waals surface area contributed by atoms with E-state index in [9.17, 15) is 59.7 Å². The van der Waals surface area contributed by atoms with Crippen molar-refractivity contribution in [2.45, 2.75) is 334 Å². The largest absolute Gasteiger partial charge is 0.462 e. The number of halogens is 5. The third-order valence-electron chi connectivity index (χ3n) is 21.8. The molecule has 0 radical (unpaired) electrons. The molecule has 5 aliphatic rings. The van der Waals surface area contributed by atoms with E-state index in [0.717, 1.165) is 56.9 Å². The first-order valence-electron chi connectivity index (χ1n) is 40.2. The van der Waals surface area contributed by atoms with Gasteiger partial charge in [0.05, 0.1) is 49.6 Å². The zero-order valence-corrected chi connectivity index (χ0v) is 71.4. The predicted octanol–water partition coefficient (Wildman–Crippen LogP) is 17.0. The molecule has 4 fully saturated rings. The highest BCUT2D eigenvalue weighted by Gasteiger charge is 2.63. The van der Waals surface area contributed by atoms with E-state index in [1.165, 1.54) is 5.56 Å². The van der Waals surface area contributed by atoms with Crippen LogP contribution in [0.15, 0.2) is 48.5 Å². The number of hydrogen-bond acceptors (Lipinski definition) is 21. The van der Waals surface area contributed by atoms with Crippen LogP contribution < -0.4 is 4.74 Å². The summed E-state index contributed by atoms with van der Waals surface area (Å²) >= 11 is 0. The molecule has 27 heteroatoms. The van der Waals surface area contributed by atoms with Crippen LogP contribution in [0.2, 0.25) is 0 Å². The fourth-order valence-corrected chi connectivity index (χ4v) is 16.1. The van der Waals surface area contributed by atoms with E-state index >= 15 is 4.79 Å². The van der Waals surface area contributed by atoms with Gasteiger partial charge in [0.25, 0.3) is 0 Å². The Morgan fingerprint density at radius 2 is 0.903 bits per heavy atom. The molecule has 0 N–H and O–H groups in total. The lowest BCUT2D eigenvalue weighted by atomic mass is 9.52. The van der Waals surface area contributed by atoms with Gasteiger partial charge in [0.15, 0.2) is 43.1 Å². The quantitative estimate of drug-likeness (QED) is 0.0241. The summed E-state index contributed by atoms with van der Waals surface area (Å²) < 4.78 is 157. The highest BCUT2D eigenvalue weighted by atomic mass is 32.2. The molecular formula is C86H127F5O21S. The molecule has 113 heavy (non-hydrogen) atoms. The van der Waals surface area contributed by atoms with E-state index < -0.39 is 208 Å². The normalized spacial score (nSPS) is 27.4. The van der Waals surface area contributed by atoms with Crippen LogP contribution in [0.3, 0.4) is 0 Å². The van der Waals surface area contributed by atoms with E-state index in [0.29, 0.717) is 43.4 Å². The fourth-order valence-electron chi connectivity index (χ4n) is 14.9. The van der Waals surface area contributed by atoms with Crippen molar-refractivity contribution in [2.75, 3.05) is 24.7 Å². The minimum absolute atomic E-state index is 0.0265. The maximum Gasteiger partial charge on any atom is 0.453 e. The minimum atomic E-state index is -5.65. The van der Waals surface area contributed by atoms with Crippen LogP contribution in [0.25, 0.3) is 0 Å². The first-order chi connectivity index (χ1) is 51.9. The number of hydrogen-bond donors (Lipinski definition) is 0. The molecule has 2 aromatic carbocycles. The van der Waals surface area contributed by atoms with Gasteiger partial charge in [0.2, 0.25) is 0 Å². The highest BCUT2D eigenvalue weighted by Crippen LogP contribution is 2.64. The summed E-state index contributed by atoms with van der Waals surface area (Å²) in [6.07, 6.45) is -15.8. The number of carbonyl (C=O) groups is 8. The number of fused-ring (bicyclic) bond motifs is 5. The molecule has 2 heterocycles. The van der Waals surface area contributed by atoms with Gasteiger partial charge in [-0.25, -0.2) is 4.79 Å². The molecule has 0 aromatic heterocycles. The Labute approximate surface area is 667 Å². The molecule has 2 saturated carbocycles. The molecule has 2 saturated heterocycles. The Morgan fingerprint density at radius 3 is 1.38 bits per heavy atom. The lowest BCUT2D eigenvalue weighted by Crippen LogP contribution is -2.68. The molecule has 0 bridgehead atoms. The summed E-state index contributed by atoms with van der Waals surface area (Å²) in [6, 6.07) is 14.7. The van der Waals surface area contributed by atoms with Gasteiger partial charge in [0.1, 0.15) is 37.3 Å². The van der Waals surface area contributed by atoms with Crippen molar-refractivity contribution in [1.82, 2.24) is 0 Å². The van der Waals surface area contributed by atoms with Crippen LogP contribution in [0.1, 0.15) is 270 Å². The zero-order chi connectivity index (χ0) is 84.7. The van der Waals surface area contributed by atoms with E-state index in [2.05, 4.69) is 13.0 Å². The van der Waals surface area contributed by atoms with Gasteiger partial charge in [0, 0.05) is 28.7 Å². The summed E-state index contributed by atoms with van der Waals surface area (Å²) in [6.45, 7) is 34.7. The molecular weight excluding hydrogens is 1500 g/mol. The van der Waals surface area contributed by atoms with Crippen LogP contribution in [-0.2, 0) is 103 Å². The first-order valence-corrected chi connectivity index (χ1v) is 41.6. The van der Waals surface area contributed by atoms with Crippen molar-refractivity contribution in [3.8, 4) is 5.75 Å². The number of esters is 8. The first kappa shape index (κ1) is 94.0. The fraction of sp³-hybridized carbons (Fsp3) is 0.767. The van der Waals surface area contributed by atoms with E-state index in [1.807, 2.05) is 18.2 Å². The Balaban J connectivity index is 1.29. The van der Waals surface area contributed by atoms with E-state index in [4.69, 9.17) is 56.8 Å². The van der Waals surface area contributed by atoms with Crippen LogP contribution in [0, 0.1) is 61.1 Å². The number of rotatable bonds is 29. The van der Waals surface area contributed by atoms with Crippen molar-refractivity contribution in [3.05, 3.63) is 65.2 Å². The molecule has 7 rings (SSSR count). The summed E-state index contributed by atoms with van der Waals surface area (Å²) in [7, 11) is -1.52. The molecule has 1 unspecified atom stereocenters. The van der Waals surface area contributed by atoms with E-state index in [-0.39, 0.29) is 35.2 Å². The van der Waals surface area contributed by atoms with Crippen molar-refractivity contribution < 1.29 is 121 Å². The van der Waals surface area contributed by atoms with Crippen LogP contribution >= 0.6 is 0 Å². The summed E-state index contributed by atoms with van der Waals surface area (Å²) in [4.78, 5) is 115. The molecule has 638 valence electrons. The van der Waals surface area contributed by atoms with Gasteiger partial charge in [-0.15, -0.1) is 0 Å². The van der Waals surface area contributed by atoms with E-state index in [1.54, 1.807) is 170 Å². The summed E-state index contributed by atoms with van der Waals surface area (Å²) in [5.74, 6) is -10.1. The number of ether oxygens (including phenoxy) is 12. The summed E-state index contributed by atoms with van der Waals surface area (Å²) in [5, 5.41) is 0. The molecule has 0 spiro atoms. The van der Waals surface area contributed by atoms with Crippen molar-refractivity contribution in [1.29, 1.82) is 0 Å². The second kappa shape index (κ2) is 37.2. The number of unbranched alkanes of at least 4 members (excludes halogenated alkanes) is 6. The third-order valence-corrected chi connectivity index (χ3v) is 23.3. The smallest absolute Gasteiger partial charge is 0.453 e. The minimum Gasteiger partial charge on any atom is -0.462 e. The average Bonchev–Trinajstić information content (AvgIpc) is 1.69. The lowest BCUT2D eigenvalue weighted by Gasteiger charge is -2.54. The Hall–Kier alpha value is -6.16. The Kier molecular flexibility index (Phi) is 30.9. The van der Waals surface area contributed by atoms with Gasteiger partial charge in [-0.1, -0.05) is 69.7 Å². The SMILES string of the molecule is CC(C)(C)C(=O)OC[C@H]1O[C@@H](O[C@H]2[C@H](OC(=O)C(C)(C)C)[C@@H](OC(=O)C(C)(C)C)[C@H](O[C@H]3CC[C@H]4[C@@H]5[C@H](CCCCCCCCCS(=O)CCCC(F)(F)C(F)(F)F)Cc6cc(OC(=O)c7ccccc7)ccc6[C@H]5CC[C@]34C)O[C@@H]2COC(=O)C(C)(C)C)[C@H](OC(=O)C(C)(C)C)[C@@H](OC(=O)C(C)(C)C)[C@@H]1OC(=O)C(C)(C)C. The van der Waals surface area contributed by atoms with Gasteiger partial charge in [-0.05, 0) is 261 Å². The van der Waals surface area contributed by atoms with Crippen molar-refractivity contribution in [2.24, 2.45) is 61.1 Å². The molecule has 17 atom stereocenters. The Morgan fingerprint density at radius 1 is 0.478 bits per heavy atom. The molecule has 0 amide bonds.